The lowest BCUT2D eigenvalue weighted by Crippen LogP contribution is -2.51. The largest absolute Gasteiger partial charge is 0.381 e. The first-order chi connectivity index (χ1) is 11.2. The van der Waals surface area contributed by atoms with E-state index in [1.54, 1.807) is 20.5 Å². The molecule has 1 aromatic rings. The first kappa shape index (κ1) is 17.7. The average molecular weight is 324 g/mol. The number of hydrogen-bond donors (Lipinski definition) is 2. The number of hydrogen-bond acceptors (Lipinski definition) is 5. The van der Waals surface area contributed by atoms with Crippen LogP contribution in [0, 0.1) is 0 Å². The van der Waals surface area contributed by atoms with Gasteiger partial charge in [0.2, 0.25) is 0 Å². The monoisotopic (exact) mass is 324 g/mol. The third kappa shape index (κ3) is 4.90. The van der Waals surface area contributed by atoms with Gasteiger partial charge in [-0.15, -0.1) is 10.2 Å². The molecule has 8 nitrogen and oxygen atoms in total. The van der Waals surface area contributed by atoms with Crippen LogP contribution in [0.1, 0.15) is 25.6 Å². The predicted molar refractivity (Wildman–Crippen MR) is 88.6 cm³/mol. The molecule has 0 atom stereocenters. The van der Waals surface area contributed by atoms with Gasteiger partial charge in [-0.3, -0.25) is 4.99 Å². The minimum Gasteiger partial charge on any atom is -0.381 e. The van der Waals surface area contributed by atoms with Gasteiger partial charge in [0.15, 0.2) is 5.96 Å². The van der Waals surface area contributed by atoms with Crippen molar-refractivity contribution in [3.05, 3.63) is 12.2 Å². The molecule has 0 aromatic carbocycles. The minimum absolute atomic E-state index is 0.167. The Bertz CT molecular complexity index is 496. The van der Waals surface area contributed by atoms with E-state index in [1.165, 1.54) is 0 Å². The zero-order valence-electron chi connectivity index (χ0n) is 14.3. The van der Waals surface area contributed by atoms with Gasteiger partial charge in [-0.25, -0.2) is 0 Å². The number of nitrogens with zero attached hydrogens (tertiary/aromatic N) is 4. The predicted octanol–water partition coefficient (Wildman–Crippen LogP) is 0.201. The fourth-order valence-electron chi connectivity index (χ4n) is 2.70. The molecule has 1 saturated heterocycles. The number of methoxy groups -OCH3 is 1. The second kappa shape index (κ2) is 8.83. The molecule has 0 bridgehead atoms. The Kier molecular flexibility index (Phi) is 6.79. The summed E-state index contributed by atoms with van der Waals surface area (Å²) >= 11 is 0. The molecule has 1 aliphatic heterocycles. The summed E-state index contributed by atoms with van der Waals surface area (Å²) in [5.74, 6) is 1.77. The Morgan fingerprint density at radius 2 is 2.22 bits per heavy atom. The first-order valence-corrected chi connectivity index (χ1v) is 8.17. The maximum absolute atomic E-state index is 5.72. The zero-order valence-corrected chi connectivity index (χ0v) is 14.3. The lowest BCUT2D eigenvalue weighted by Gasteiger charge is -2.36. The van der Waals surface area contributed by atoms with E-state index in [4.69, 9.17) is 9.47 Å². The van der Waals surface area contributed by atoms with Gasteiger partial charge in [-0.1, -0.05) is 6.92 Å². The van der Waals surface area contributed by atoms with E-state index in [0.29, 0.717) is 0 Å². The van der Waals surface area contributed by atoms with Crippen molar-refractivity contribution < 1.29 is 9.47 Å². The SMILES string of the molecule is CCc1nncn1CCNC(=NC)NCC1(OC)CCOCC1. The zero-order chi connectivity index (χ0) is 16.5. The maximum atomic E-state index is 5.72. The second-order valence-corrected chi connectivity index (χ2v) is 5.65. The van der Waals surface area contributed by atoms with Crippen molar-refractivity contribution in [3.63, 3.8) is 0 Å². The molecule has 8 heteroatoms. The van der Waals surface area contributed by atoms with Crippen LogP contribution in [0.25, 0.3) is 0 Å². The van der Waals surface area contributed by atoms with Gasteiger partial charge in [0.25, 0.3) is 0 Å². The summed E-state index contributed by atoms with van der Waals surface area (Å²) in [6.07, 6.45) is 4.44. The van der Waals surface area contributed by atoms with E-state index in [-0.39, 0.29) is 5.60 Å². The van der Waals surface area contributed by atoms with Crippen molar-refractivity contribution in [3.8, 4) is 0 Å². The van der Waals surface area contributed by atoms with Gasteiger partial charge in [0.1, 0.15) is 12.2 Å². The van der Waals surface area contributed by atoms with E-state index in [0.717, 1.165) is 63.9 Å². The molecule has 0 saturated carbocycles. The molecule has 0 amide bonds. The van der Waals surface area contributed by atoms with E-state index < -0.39 is 0 Å². The van der Waals surface area contributed by atoms with Gasteiger partial charge in [-0.05, 0) is 0 Å². The van der Waals surface area contributed by atoms with Crippen LogP contribution in [0.2, 0.25) is 0 Å². The Morgan fingerprint density at radius 1 is 1.43 bits per heavy atom. The molecule has 0 unspecified atom stereocenters. The summed E-state index contributed by atoms with van der Waals surface area (Å²) in [5.41, 5.74) is -0.167. The van der Waals surface area contributed by atoms with Crippen molar-refractivity contribution in [2.75, 3.05) is 40.5 Å². The van der Waals surface area contributed by atoms with Gasteiger partial charge in [0.05, 0.1) is 5.60 Å². The van der Waals surface area contributed by atoms with Crippen molar-refractivity contribution >= 4 is 5.96 Å². The minimum atomic E-state index is -0.167. The molecule has 130 valence electrons. The molecule has 2 heterocycles. The summed E-state index contributed by atoms with van der Waals surface area (Å²) in [5, 5.41) is 14.7. The third-order valence-electron chi connectivity index (χ3n) is 4.30. The topological polar surface area (TPSA) is 85.6 Å². The van der Waals surface area contributed by atoms with Crippen molar-refractivity contribution in [1.29, 1.82) is 0 Å². The Balaban J connectivity index is 1.77. The lowest BCUT2D eigenvalue weighted by atomic mass is 9.94. The van der Waals surface area contributed by atoms with Crippen molar-refractivity contribution in [2.45, 2.75) is 38.3 Å². The van der Waals surface area contributed by atoms with Crippen LogP contribution in [-0.4, -0.2) is 66.8 Å². The highest BCUT2D eigenvalue weighted by atomic mass is 16.5. The molecule has 1 fully saturated rings. The van der Waals surface area contributed by atoms with Crippen LogP contribution in [0.15, 0.2) is 11.3 Å². The molecule has 2 N–H and O–H groups in total. The van der Waals surface area contributed by atoms with Crippen LogP contribution in [0.5, 0.6) is 0 Å². The van der Waals surface area contributed by atoms with E-state index >= 15 is 0 Å². The molecule has 2 rings (SSSR count). The lowest BCUT2D eigenvalue weighted by molar-refractivity contribution is -0.0855. The first-order valence-electron chi connectivity index (χ1n) is 8.17. The van der Waals surface area contributed by atoms with Crippen LogP contribution in [-0.2, 0) is 22.4 Å². The van der Waals surface area contributed by atoms with Gasteiger partial charge >= 0.3 is 0 Å². The summed E-state index contributed by atoms with van der Waals surface area (Å²) in [6, 6.07) is 0. The standard InChI is InChI=1S/C15H28N6O2/c1-4-13-20-19-12-21(13)8-7-17-14(16-2)18-11-15(22-3)5-9-23-10-6-15/h12H,4-11H2,1-3H3,(H2,16,17,18). The van der Waals surface area contributed by atoms with Gasteiger partial charge < -0.3 is 24.7 Å². The summed E-state index contributed by atoms with van der Waals surface area (Å²) < 4.78 is 13.2. The number of rotatable bonds is 7. The van der Waals surface area contributed by atoms with E-state index in [9.17, 15) is 0 Å². The molecule has 0 aliphatic carbocycles. The highest BCUT2D eigenvalue weighted by Crippen LogP contribution is 2.23. The normalized spacial score (nSPS) is 18.0. The summed E-state index contributed by atoms with van der Waals surface area (Å²) in [4.78, 5) is 4.27. The highest BCUT2D eigenvalue weighted by Gasteiger charge is 2.32. The van der Waals surface area contributed by atoms with Gasteiger partial charge in [-0.2, -0.15) is 0 Å². The van der Waals surface area contributed by atoms with Crippen molar-refractivity contribution in [2.24, 2.45) is 4.99 Å². The Labute approximate surface area is 137 Å². The summed E-state index contributed by atoms with van der Waals surface area (Å²) in [7, 11) is 3.54. The summed E-state index contributed by atoms with van der Waals surface area (Å²) in [6.45, 7) is 5.85. The molecule has 1 aromatic heterocycles. The quantitative estimate of drug-likeness (QED) is 0.550. The van der Waals surface area contributed by atoms with Crippen LogP contribution in [0.4, 0.5) is 0 Å². The second-order valence-electron chi connectivity index (χ2n) is 5.65. The maximum Gasteiger partial charge on any atom is 0.191 e. The molecule has 0 spiro atoms. The number of aliphatic imine (C=N–C) groups is 1. The average Bonchev–Trinajstić information content (AvgIpc) is 3.06. The molecule has 0 radical (unpaired) electrons. The number of aromatic nitrogens is 3. The Hall–Kier alpha value is -1.67. The number of aryl methyl sites for hydroxylation is 1. The number of nitrogens with one attached hydrogen (secondary N) is 2. The molecule has 1 aliphatic rings. The van der Waals surface area contributed by atoms with Crippen molar-refractivity contribution in [1.82, 2.24) is 25.4 Å². The fraction of sp³-hybridized carbons (Fsp3) is 0.800. The smallest absolute Gasteiger partial charge is 0.191 e. The Morgan fingerprint density at radius 3 is 2.87 bits per heavy atom. The fourth-order valence-corrected chi connectivity index (χ4v) is 2.70. The van der Waals surface area contributed by atoms with E-state index in [2.05, 4.69) is 37.3 Å². The highest BCUT2D eigenvalue weighted by molar-refractivity contribution is 5.79. The number of ether oxygens (including phenoxy) is 2. The van der Waals surface area contributed by atoms with E-state index in [1.807, 2.05) is 0 Å². The van der Waals surface area contributed by atoms with Gasteiger partial charge in [0, 0.05) is 66.3 Å². The third-order valence-corrected chi connectivity index (χ3v) is 4.30. The van der Waals surface area contributed by atoms with Crippen LogP contribution in [0.3, 0.4) is 0 Å². The molecular formula is C15H28N6O2. The molecular weight excluding hydrogens is 296 g/mol. The van der Waals surface area contributed by atoms with Crippen LogP contribution >= 0.6 is 0 Å². The van der Waals surface area contributed by atoms with Crippen LogP contribution < -0.4 is 10.6 Å². The number of guanidine groups is 1. The molecule has 23 heavy (non-hydrogen) atoms.